The molecule has 0 unspecified atom stereocenters. The molecular formula is C8H15N4+. The van der Waals surface area contributed by atoms with Crippen LogP contribution in [0, 0.1) is 5.92 Å². The van der Waals surface area contributed by atoms with Gasteiger partial charge in [-0.3, -0.25) is 11.5 Å². The van der Waals surface area contributed by atoms with Crippen molar-refractivity contribution in [2.24, 2.45) is 22.5 Å². The van der Waals surface area contributed by atoms with Crippen molar-refractivity contribution in [1.82, 2.24) is 0 Å². The van der Waals surface area contributed by atoms with Gasteiger partial charge >= 0.3 is 0 Å². The smallest absolute Gasteiger partial charge is 0.216 e. The first kappa shape index (κ1) is 9.12. The zero-order valence-electron chi connectivity index (χ0n) is 6.93. The molecular weight excluding hydrogens is 152 g/mol. The molecule has 6 N–H and O–H groups in total. The van der Waals surface area contributed by atoms with Crippen molar-refractivity contribution < 1.29 is 5.43 Å². The molecule has 0 aliphatic heterocycles. The maximum absolute atomic E-state index is 5.28. The highest BCUT2D eigenvalue weighted by atomic mass is 15.4. The third kappa shape index (κ3) is 3.43. The lowest BCUT2D eigenvalue weighted by atomic mass is 10.0. The maximum atomic E-state index is 5.28. The monoisotopic (exact) mass is 167 g/mol. The highest BCUT2D eigenvalue weighted by Crippen LogP contribution is 2.07. The Balaban J connectivity index is 2.26. The lowest BCUT2D eigenvalue weighted by Gasteiger charge is -2.04. The Labute approximate surface area is 72.0 Å². The van der Waals surface area contributed by atoms with Crippen LogP contribution >= 0.6 is 0 Å². The van der Waals surface area contributed by atoms with E-state index in [1.807, 2.05) is 18.4 Å². The van der Waals surface area contributed by atoms with Crippen LogP contribution in [0.15, 0.2) is 29.4 Å². The van der Waals surface area contributed by atoms with Crippen molar-refractivity contribution in [3.05, 3.63) is 24.3 Å². The molecule has 0 spiro atoms. The molecule has 0 saturated carbocycles. The molecule has 4 heteroatoms. The van der Waals surface area contributed by atoms with Crippen LogP contribution in [-0.4, -0.2) is 12.5 Å². The van der Waals surface area contributed by atoms with Crippen LogP contribution in [-0.2, 0) is 0 Å². The highest BCUT2D eigenvalue weighted by molar-refractivity contribution is 5.63. The van der Waals surface area contributed by atoms with Gasteiger partial charge in [0.2, 0.25) is 6.29 Å². The molecule has 1 aliphatic rings. The quantitative estimate of drug-likeness (QED) is 0.215. The van der Waals surface area contributed by atoms with Gasteiger partial charge in [0.05, 0.1) is 6.21 Å². The molecule has 0 heterocycles. The van der Waals surface area contributed by atoms with Gasteiger partial charge in [0, 0.05) is 5.92 Å². The summed E-state index contributed by atoms with van der Waals surface area (Å²) in [5.74, 6) is 0.394. The first-order valence-electron chi connectivity index (χ1n) is 4.00. The molecule has 12 heavy (non-hydrogen) atoms. The largest absolute Gasteiger partial charge is 0.266 e. The van der Waals surface area contributed by atoms with Crippen LogP contribution in [0.2, 0.25) is 0 Å². The van der Waals surface area contributed by atoms with Gasteiger partial charge in [-0.1, -0.05) is 29.4 Å². The average Bonchev–Trinajstić information content (AvgIpc) is 2.05. The van der Waals surface area contributed by atoms with E-state index in [-0.39, 0.29) is 0 Å². The Morgan fingerprint density at radius 2 is 2.33 bits per heavy atom. The molecule has 0 bridgehead atoms. The van der Waals surface area contributed by atoms with Crippen LogP contribution in [0.5, 0.6) is 0 Å². The summed E-state index contributed by atoms with van der Waals surface area (Å²) < 4.78 is 0. The second-order valence-corrected chi connectivity index (χ2v) is 2.74. The van der Waals surface area contributed by atoms with Crippen LogP contribution in [0.4, 0.5) is 0 Å². The molecule has 0 fully saturated rings. The fraction of sp³-hybridized carbons (Fsp3) is 0.375. The second kappa shape index (κ2) is 4.82. The Bertz CT molecular complexity index is 205. The molecule has 4 nitrogen and oxygen atoms in total. The molecule has 0 saturated heterocycles. The Hall–Kier alpha value is -0.970. The number of hydrogen-bond acceptors (Lipinski definition) is 3. The van der Waals surface area contributed by atoms with Gasteiger partial charge in [-0.15, -0.1) is 0 Å². The topological polar surface area (TPSA) is 81.0 Å². The molecule has 1 aliphatic carbocycles. The zero-order valence-corrected chi connectivity index (χ0v) is 6.93. The lowest BCUT2D eigenvalue weighted by molar-refractivity contribution is -0.694. The summed E-state index contributed by atoms with van der Waals surface area (Å²) in [6.07, 6.45) is 10.7. The van der Waals surface area contributed by atoms with Gasteiger partial charge in [-0.2, -0.15) is 5.43 Å². The van der Waals surface area contributed by atoms with E-state index in [1.165, 1.54) is 5.43 Å². The summed E-state index contributed by atoms with van der Waals surface area (Å²) >= 11 is 0. The predicted molar refractivity (Wildman–Crippen MR) is 49.0 cm³/mol. The van der Waals surface area contributed by atoms with E-state index in [9.17, 15) is 0 Å². The van der Waals surface area contributed by atoms with Crippen molar-refractivity contribution in [2.75, 3.05) is 0 Å². The van der Waals surface area contributed by atoms with Gasteiger partial charge in [0.15, 0.2) is 0 Å². The van der Waals surface area contributed by atoms with E-state index in [0.29, 0.717) is 5.92 Å². The van der Waals surface area contributed by atoms with Gasteiger partial charge in [-0.25, -0.2) is 0 Å². The average molecular weight is 167 g/mol. The van der Waals surface area contributed by atoms with Gasteiger partial charge in [0.25, 0.3) is 0 Å². The molecule has 0 aromatic heterocycles. The Kier molecular flexibility index (Phi) is 3.66. The minimum absolute atomic E-state index is 0.394. The first-order chi connectivity index (χ1) is 5.79. The highest BCUT2D eigenvalue weighted by Gasteiger charge is 2.01. The summed E-state index contributed by atoms with van der Waals surface area (Å²) in [7, 11) is 0. The summed E-state index contributed by atoms with van der Waals surface area (Å²) in [5.41, 5.74) is 12.1. The molecule has 0 radical (unpaired) electrons. The zero-order chi connectivity index (χ0) is 8.81. The SMILES string of the molecule is NC(N)[NH2+]/N=C/[C@@H]1C=CC=CC1. The third-order valence-corrected chi connectivity index (χ3v) is 1.55. The number of quaternary nitrogens is 1. The van der Waals surface area contributed by atoms with Gasteiger partial charge in [-0.05, 0) is 6.42 Å². The van der Waals surface area contributed by atoms with E-state index >= 15 is 0 Å². The maximum Gasteiger partial charge on any atom is 0.216 e. The number of hydrogen-bond donors (Lipinski definition) is 3. The normalized spacial score (nSPS) is 22.8. The molecule has 0 aromatic rings. The van der Waals surface area contributed by atoms with Crippen molar-refractivity contribution in [1.29, 1.82) is 0 Å². The molecule has 0 amide bonds. The van der Waals surface area contributed by atoms with Crippen molar-refractivity contribution in [3.8, 4) is 0 Å². The van der Waals surface area contributed by atoms with Gasteiger partial charge in [0.1, 0.15) is 0 Å². The molecule has 0 aromatic carbocycles. The summed E-state index contributed by atoms with van der Waals surface area (Å²) in [6.45, 7) is 0. The minimum Gasteiger partial charge on any atom is -0.266 e. The fourth-order valence-corrected chi connectivity index (χ4v) is 0.970. The van der Waals surface area contributed by atoms with E-state index in [1.54, 1.807) is 0 Å². The first-order valence-corrected chi connectivity index (χ1v) is 4.00. The van der Waals surface area contributed by atoms with E-state index < -0.39 is 6.29 Å². The number of allylic oxidation sites excluding steroid dienone is 4. The van der Waals surface area contributed by atoms with Crippen molar-refractivity contribution in [2.45, 2.75) is 12.7 Å². The van der Waals surface area contributed by atoms with E-state index in [2.05, 4.69) is 17.3 Å². The minimum atomic E-state index is -0.454. The Morgan fingerprint density at radius 1 is 1.50 bits per heavy atom. The number of rotatable bonds is 3. The lowest BCUT2D eigenvalue weighted by Crippen LogP contribution is -2.91. The number of nitrogens with zero attached hydrogens (tertiary/aromatic N) is 1. The summed E-state index contributed by atoms with van der Waals surface area (Å²) in [6, 6.07) is 0. The molecule has 66 valence electrons. The Morgan fingerprint density at radius 3 is 2.92 bits per heavy atom. The molecule has 1 rings (SSSR count). The second-order valence-electron chi connectivity index (χ2n) is 2.74. The predicted octanol–water partition coefficient (Wildman–Crippen LogP) is -1.13. The van der Waals surface area contributed by atoms with Crippen molar-refractivity contribution >= 4 is 6.21 Å². The number of nitrogens with two attached hydrogens (primary N) is 3. The van der Waals surface area contributed by atoms with Crippen LogP contribution in [0.25, 0.3) is 0 Å². The van der Waals surface area contributed by atoms with E-state index in [4.69, 9.17) is 11.5 Å². The van der Waals surface area contributed by atoms with E-state index in [0.717, 1.165) is 6.42 Å². The van der Waals surface area contributed by atoms with Crippen LogP contribution in [0.3, 0.4) is 0 Å². The molecule has 1 atom stereocenters. The van der Waals surface area contributed by atoms with Gasteiger partial charge < -0.3 is 0 Å². The van der Waals surface area contributed by atoms with Crippen molar-refractivity contribution in [3.63, 3.8) is 0 Å². The van der Waals surface area contributed by atoms with Crippen LogP contribution < -0.4 is 16.9 Å². The fourth-order valence-electron chi connectivity index (χ4n) is 0.970. The standard InChI is InChI=1S/C8H14N4/c9-8(10)12-11-6-7-4-2-1-3-5-7/h1-4,6-8,12H,5,9-10H2/p+1/b11-6+/t7-/m1/s1. The van der Waals surface area contributed by atoms with Crippen LogP contribution in [0.1, 0.15) is 6.42 Å². The third-order valence-electron chi connectivity index (χ3n) is 1.55. The summed E-state index contributed by atoms with van der Waals surface area (Å²) in [4.78, 5) is 0. The summed E-state index contributed by atoms with van der Waals surface area (Å²) in [5, 5.41) is 4.01.